The van der Waals surface area contributed by atoms with E-state index >= 15 is 0 Å². The number of nitrogens with zero attached hydrogens (tertiary/aromatic N) is 2. The normalized spacial score (nSPS) is 17.6. The van der Waals surface area contributed by atoms with Crippen molar-refractivity contribution < 1.29 is 58.6 Å². The second kappa shape index (κ2) is 11.3. The van der Waals surface area contributed by atoms with Crippen LogP contribution in [-0.2, 0) is 23.6 Å². The van der Waals surface area contributed by atoms with Crippen LogP contribution in [0, 0.1) is 0 Å². The molecule has 3 aromatic rings. The van der Waals surface area contributed by atoms with Crippen molar-refractivity contribution in [2.24, 2.45) is 0 Å². The van der Waals surface area contributed by atoms with Gasteiger partial charge in [-0.2, -0.15) is 26.3 Å². The highest BCUT2D eigenvalue weighted by molar-refractivity contribution is 6.06. The molecule has 0 aliphatic carbocycles. The maximum absolute atomic E-state index is 13.4. The Hall–Kier alpha value is -4.43. The van der Waals surface area contributed by atoms with Crippen LogP contribution in [0.1, 0.15) is 45.6 Å². The molecule has 1 aliphatic rings. The van der Waals surface area contributed by atoms with Crippen molar-refractivity contribution in [2.75, 3.05) is 11.9 Å². The molecule has 0 aromatic heterocycles. The largest absolute Gasteiger partial charge is 0.573 e. The van der Waals surface area contributed by atoms with Crippen LogP contribution in [0.25, 0.3) is 0 Å². The van der Waals surface area contributed by atoms with Crippen LogP contribution in [0.3, 0.4) is 0 Å². The van der Waals surface area contributed by atoms with Gasteiger partial charge in [0, 0.05) is 18.3 Å². The Morgan fingerprint density at radius 1 is 0.884 bits per heavy atom. The molecular weight excluding hydrogens is 599 g/mol. The van der Waals surface area contributed by atoms with Crippen LogP contribution in [-0.4, -0.2) is 36.4 Å². The Labute approximate surface area is 238 Å². The van der Waals surface area contributed by atoms with Gasteiger partial charge in [0.1, 0.15) is 11.9 Å². The number of hydrogen-bond donors (Lipinski definition) is 0. The van der Waals surface area contributed by atoms with Crippen molar-refractivity contribution in [3.05, 3.63) is 94.5 Å². The predicted octanol–water partition coefficient (Wildman–Crippen LogP) is 7.98. The summed E-state index contributed by atoms with van der Waals surface area (Å²) in [7, 11) is 1.33. The molecule has 1 heterocycles. The second-order valence-corrected chi connectivity index (χ2v) is 9.58. The van der Waals surface area contributed by atoms with Gasteiger partial charge in [-0.25, -0.2) is 4.79 Å². The van der Waals surface area contributed by atoms with Crippen LogP contribution in [0.4, 0.5) is 50.0 Å². The molecular formula is C28H21F9N2O4. The van der Waals surface area contributed by atoms with Gasteiger partial charge in [0.25, 0.3) is 5.91 Å². The molecule has 2 amide bonds. The van der Waals surface area contributed by atoms with E-state index in [1.807, 2.05) is 0 Å². The van der Waals surface area contributed by atoms with Gasteiger partial charge in [-0.3, -0.25) is 9.69 Å². The van der Waals surface area contributed by atoms with Gasteiger partial charge in [-0.05, 0) is 66.6 Å². The lowest BCUT2D eigenvalue weighted by atomic mass is 9.97. The zero-order valence-electron chi connectivity index (χ0n) is 22.1. The smallest absolute Gasteiger partial charge is 0.439 e. The minimum atomic E-state index is -5.15. The molecule has 1 saturated heterocycles. The molecule has 43 heavy (non-hydrogen) atoms. The van der Waals surface area contributed by atoms with E-state index in [9.17, 15) is 49.1 Å². The first-order valence-corrected chi connectivity index (χ1v) is 12.3. The van der Waals surface area contributed by atoms with Crippen molar-refractivity contribution in [1.29, 1.82) is 0 Å². The molecule has 0 bridgehead atoms. The molecule has 0 N–H and O–H groups in total. The number of rotatable bonds is 6. The third-order valence-corrected chi connectivity index (χ3v) is 6.64. The fraction of sp³-hybridized carbons (Fsp3) is 0.286. The van der Waals surface area contributed by atoms with Gasteiger partial charge in [-0.1, -0.05) is 18.2 Å². The summed E-state index contributed by atoms with van der Waals surface area (Å²) in [5.74, 6) is -1.26. The average molecular weight is 620 g/mol. The van der Waals surface area contributed by atoms with Crippen LogP contribution < -0.4 is 9.64 Å². The van der Waals surface area contributed by atoms with Gasteiger partial charge >= 0.3 is 24.8 Å². The molecule has 0 spiro atoms. The standard InChI is InChI=1S/C28H21F9N2O4/c1-15-23(17-10-19(26(29,30)31)13-20(11-17)27(32,33)34)42-25(41)39(15)14-18-12-21(43-28(35,36)37)8-9-22(18)38(2)24(40)16-6-4-3-5-7-16/h3-13,15,23H,14H2,1-2H3/t15-,23-/m0/s1. The lowest BCUT2D eigenvalue weighted by Crippen LogP contribution is -2.33. The molecule has 230 valence electrons. The number of carbonyl (C=O) groups is 2. The highest BCUT2D eigenvalue weighted by Gasteiger charge is 2.43. The van der Waals surface area contributed by atoms with Gasteiger partial charge in [-0.15, -0.1) is 13.2 Å². The van der Waals surface area contributed by atoms with Crippen molar-refractivity contribution >= 4 is 17.7 Å². The number of anilines is 1. The lowest BCUT2D eigenvalue weighted by Gasteiger charge is -2.26. The predicted molar refractivity (Wildman–Crippen MR) is 133 cm³/mol. The summed E-state index contributed by atoms with van der Waals surface area (Å²) in [4.78, 5) is 27.9. The van der Waals surface area contributed by atoms with Crippen LogP contribution in [0.2, 0.25) is 0 Å². The van der Waals surface area contributed by atoms with E-state index in [0.29, 0.717) is 12.1 Å². The van der Waals surface area contributed by atoms with Crippen molar-refractivity contribution in [3.8, 4) is 5.75 Å². The van der Waals surface area contributed by atoms with E-state index in [4.69, 9.17) is 4.74 Å². The summed E-state index contributed by atoms with van der Waals surface area (Å²) in [5.41, 5.74) is -3.59. The number of alkyl halides is 9. The molecule has 0 saturated carbocycles. The highest BCUT2D eigenvalue weighted by Crippen LogP contribution is 2.41. The van der Waals surface area contributed by atoms with E-state index < -0.39 is 71.8 Å². The molecule has 0 radical (unpaired) electrons. The summed E-state index contributed by atoms with van der Waals surface area (Å²) < 4.78 is 128. The summed E-state index contributed by atoms with van der Waals surface area (Å²) >= 11 is 0. The van der Waals surface area contributed by atoms with E-state index in [2.05, 4.69) is 4.74 Å². The SMILES string of the molecule is C[C@H]1[C@@H](c2cc(C(F)(F)F)cc(C(F)(F)F)c2)OC(=O)N1Cc1cc(OC(F)(F)F)ccc1N(C)C(=O)c1ccccc1. The lowest BCUT2D eigenvalue weighted by molar-refractivity contribution is -0.274. The molecule has 1 aliphatic heterocycles. The van der Waals surface area contributed by atoms with Crippen LogP contribution in [0.15, 0.2) is 66.7 Å². The average Bonchev–Trinajstić information content (AvgIpc) is 3.19. The summed E-state index contributed by atoms with van der Waals surface area (Å²) in [6.07, 6.45) is -18.1. The summed E-state index contributed by atoms with van der Waals surface area (Å²) in [6.45, 7) is 0.746. The van der Waals surface area contributed by atoms with Gasteiger partial charge in [0.15, 0.2) is 0 Å². The number of hydrogen-bond acceptors (Lipinski definition) is 4. The Morgan fingerprint density at radius 3 is 2.00 bits per heavy atom. The molecule has 3 aromatic carbocycles. The first-order valence-electron chi connectivity index (χ1n) is 12.3. The third-order valence-electron chi connectivity index (χ3n) is 6.64. The van der Waals surface area contributed by atoms with Crippen molar-refractivity contribution in [2.45, 2.75) is 44.3 Å². The Bertz CT molecular complexity index is 1470. The molecule has 15 heteroatoms. The third kappa shape index (κ3) is 7.14. The van der Waals surface area contributed by atoms with E-state index in [1.54, 1.807) is 18.2 Å². The van der Waals surface area contributed by atoms with Crippen molar-refractivity contribution in [1.82, 2.24) is 4.90 Å². The van der Waals surface area contributed by atoms with Gasteiger partial charge < -0.3 is 14.4 Å². The molecule has 2 atom stereocenters. The fourth-order valence-electron chi connectivity index (χ4n) is 4.58. The second-order valence-electron chi connectivity index (χ2n) is 9.58. The number of ether oxygens (including phenoxy) is 2. The van der Waals surface area contributed by atoms with Crippen LogP contribution >= 0.6 is 0 Å². The minimum absolute atomic E-state index is 0.0465. The number of benzene rings is 3. The Balaban J connectivity index is 1.71. The zero-order chi connectivity index (χ0) is 31.9. The molecule has 0 unspecified atom stereocenters. The van der Waals surface area contributed by atoms with E-state index in [1.165, 1.54) is 26.1 Å². The summed E-state index contributed by atoms with van der Waals surface area (Å²) in [6, 6.07) is 10.4. The topological polar surface area (TPSA) is 59.1 Å². The van der Waals surface area contributed by atoms with Crippen LogP contribution in [0.5, 0.6) is 5.75 Å². The maximum Gasteiger partial charge on any atom is 0.573 e. The van der Waals surface area contributed by atoms with Gasteiger partial charge in [0.2, 0.25) is 0 Å². The highest BCUT2D eigenvalue weighted by atomic mass is 19.4. The van der Waals surface area contributed by atoms with Crippen molar-refractivity contribution in [3.63, 3.8) is 0 Å². The fourth-order valence-corrected chi connectivity index (χ4v) is 4.58. The summed E-state index contributed by atoms with van der Waals surface area (Å²) in [5, 5.41) is 0. The quantitative estimate of drug-likeness (QED) is 0.262. The van der Waals surface area contributed by atoms with Gasteiger partial charge in [0.05, 0.1) is 23.7 Å². The number of cyclic esters (lactones) is 1. The molecule has 4 rings (SSSR count). The Kier molecular flexibility index (Phi) is 8.31. The number of halogens is 9. The molecule has 1 fully saturated rings. The number of carbonyl (C=O) groups excluding carboxylic acids is 2. The monoisotopic (exact) mass is 620 g/mol. The maximum atomic E-state index is 13.4. The Morgan fingerprint density at radius 2 is 1.47 bits per heavy atom. The first-order chi connectivity index (χ1) is 19.8. The molecule has 6 nitrogen and oxygen atoms in total. The first kappa shape index (κ1) is 31.5. The van der Waals surface area contributed by atoms with E-state index in [0.717, 1.165) is 28.0 Å². The zero-order valence-corrected chi connectivity index (χ0v) is 22.1. The number of amides is 2. The van der Waals surface area contributed by atoms with E-state index in [-0.39, 0.29) is 22.9 Å². The minimum Gasteiger partial charge on any atom is -0.439 e.